The Morgan fingerprint density at radius 1 is 1.33 bits per heavy atom. The molecule has 1 amide bonds. The lowest BCUT2D eigenvalue weighted by atomic mass is 9.82. The van der Waals surface area contributed by atoms with Gasteiger partial charge in [0.15, 0.2) is 6.10 Å². The number of anilines is 1. The third-order valence-corrected chi connectivity index (χ3v) is 7.13. The molecule has 8 nitrogen and oxygen atoms in total. The number of rotatable bonds is 5. The molecule has 3 N–H and O–H groups in total. The summed E-state index contributed by atoms with van der Waals surface area (Å²) in [6, 6.07) is 9.24. The molecule has 2 aromatic rings. The average Bonchev–Trinajstić information content (AvgIpc) is 2.79. The van der Waals surface area contributed by atoms with Gasteiger partial charge in [-0.15, -0.1) is 0 Å². The highest BCUT2D eigenvalue weighted by Crippen LogP contribution is 2.41. The van der Waals surface area contributed by atoms with Gasteiger partial charge in [0.1, 0.15) is 17.3 Å². The smallest absolute Gasteiger partial charge is 0.265 e. The normalized spacial score (nSPS) is 20.6. The predicted octanol–water partition coefficient (Wildman–Crippen LogP) is 2.75. The van der Waals surface area contributed by atoms with Crippen molar-refractivity contribution in [1.82, 2.24) is 4.90 Å². The van der Waals surface area contributed by atoms with Crippen molar-refractivity contribution in [3.05, 3.63) is 52.8 Å². The molecule has 2 atom stereocenters. The number of ether oxygens (including phenoxy) is 2. The van der Waals surface area contributed by atoms with Gasteiger partial charge in [-0.05, 0) is 43.0 Å². The number of carbonyl (C=O) groups excluding carboxylic acids is 1. The number of nitrogens with two attached hydrogens (primary N) is 1. The number of amides is 1. The average molecular weight is 498 g/mol. The number of piperidine rings is 1. The summed E-state index contributed by atoms with van der Waals surface area (Å²) in [5.41, 5.74) is 7.32. The van der Waals surface area contributed by atoms with Crippen molar-refractivity contribution in [3.63, 3.8) is 0 Å². The van der Waals surface area contributed by atoms with Gasteiger partial charge in [0.2, 0.25) is 0 Å². The third-order valence-electron chi connectivity index (χ3n) is 6.11. The van der Waals surface area contributed by atoms with Crippen molar-refractivity contribution >= 4 is 34.5 Å². The van der Waals surface area contributed by atoms with E-state index >= 15 is 0 Å². The fourth-order valence-corrected chi connectivity index (χ4v) is 5.06. The van der Waals surface area contributed by atoms with Gasteiger partial charge in [0.05, 0.1) is 24.4 Å². The van der Waals surface area contributed by atoms with Crippen molar-refractivity contribution in [2.45, 2.75) is 30.9 Å². The van der Waals surface area contributed by atoms with Crippen LogP contribution >= 0.6 is 11.6 Å². The van der Waals surface area contributed by atoms with Crippen LogP contribution in [0.25, 0.3) is 0 Å². The quantitative estimate of drug-likeness (QED) is 0.615. The molecule has 1 saturated heterocycles. The van der Waals surface area contributed by atoms with Crippen molar-refractivity contribution in [2.24, 2.45) is 5.73 Å². The van der Waals surface area contributed by atoms with E-state index in [1.807, 2.05) is 0 Å². The minimum Gasteiger partial charge on any atom is -0.495 e. The van der Waals surface area contributed by atoms with E-state index in [0.29, 0.717) is 43.8 Å². The van der Waals surface area contributed by atoms with Crippen molar-refractivity contribution in [2.75, 3.05) is 31.0 Å². The molecule has 0 bridgehead atoms. The van der Waals surface area contributed by atoms with Gasteiger partial charge < -0.3 is 20.1 Å². The van der Waals surface area contributed by atoms with Gasteiger partial charge in [-0.3, -0.25) is 13.7 Å². The maximum absolute atomic E-state index is 13.2. The SMILES string of the molecule is COc1cc2c(cc1Cl)N(S(=O)O)CC(C(=O)N1CCC(N)(Cc3ccc(F)cc3)CC1)O2. The number of halogens is 2. The standard InChI is InChI=1S/C22H25ClFN3O5S/c1-31-18-11-19-17(10-16(18)23)27(33(29)30)13-20(32-19)21(28)26-8-6-22(25,7-9-26)12-14-2-4-15(24)5-3-14/h2-5,10-11,20H,6-9,12-13,25H2,1H3,(H,29,30). The molecule has 2 heterocycles. The fourth-order valence-electron chi connectivity index (χ4n) is 4.25. The number of likely N-dealkylation sites (tertiary alicyclic amines) is 1. The second kappa shape index (κ2) is 9.46. The Labute approximate surface area is 198 Å². The first-order chi connectivity index (χ1) is 15.7. The molecule has 0 aliphatic carbocycles. The number of nitrogens with zero attached hydrogens (tertiary/aromatic N) is 2. The maximum atomic E-state index is 13.2. The summed E-state index contributed by atoms with van der Waals surface area (Å²) >= 11 is 3.78. The van der Waals surface area contributed by atoms with E-state index in [1.165, 1.54) is 35.7 Å². The van der Waals surface area contributed by atoms with Gasteiger partial charge in [-0.25, -0.2) is 8.60 Å². The number of methoxy groups -OCH3 is 1. The Morgan fingerprint density at radius 2 is 2.00 bits per heavy atom. The minimum atomic E-state index is -2.37. The van der Waals surface area contributed by atoms with Crippen molar-refractivity contribution in [1.29, 1.82) is 0 Å². The molecular formula is C22H25ClFN3O5S. The fraction of sp³-hybridized carbons (Fsp3) is 0.409. The first-order valence-electron chi connectivity index (χ1n) is 10.4. The lowest BCUT2D eigenvalue weighted by molar-refractivity contribution is -0.140. The third kappa shape index (κ3) is 5.08. The molecular weight excluding hydrogens is 473 g/mol. The molecule has 0 aromatic heterocycles. The van der Waals surface area contributed by atoms with E-state index in [0.717, 1.165) is 5.56 Å². The predicted molar refractivity (Wildman–Crippen MR) is 123 cm³/mol. The molecule has 0 saturated carbocycles. The summed E-state index contributed by atoms with van der Waals surface area (Å²) in [7, 11) is 1.44. The zero-order valence-corrected chi connectivity index (χ0v) is 19.6. The molecule has 178 valence electrons. The Hall–Kier alpha value is -2.40. The molecule has 0 spiro atoms. The lowest BCUT2D eigenvalue weighted by Crippen LogP contribution is -2.57. The molecule has 1 fully saturated rings. The molecule has 2 aromatic carbocycles. The van der Waals surface area contributed by atoms with Crippen LogP contribution in [0.1, 0.15) is 18.4 Å². The van der Waals surface area contributed by atoms with Gasteiger partial charge in [-0.2, -0.15) is 0 Å². The monoisotopic (exact) mass is 497 g/mol. The van der Waals surface area contributed by atoms with Crippen LogP contribution in [0.4, 0.5) is 10.1 Å². The number of benzene rings is 2. The second-order valence-corrected chi connectivity index (χ2v) is 9.65. The highest BCUT2D eigenvalue weighted by molar-refractivity contribution is 7.80. The summed E-state index contributed by atoms with van der Waals surface area (Å²) < 4.78 is 47.2. The lowest BCUT2D eigenvalue weighted by Gasteiger charge is -2.41. The number of hydrogen-bond acceptors (Lipinski definition) is 5. The number of hydrogen-bond donors (Lipinski definition) is 2. The Bertz CT molecular complexity index is 1060. The number of fused-ring (bicyclic) bond motifs is 1. The first-order valence-corrected chi connectivity index (χ1v) is 11.9. The Kier molecular flexibility index (Phi) is 6.81. The van der Waals surface area contributed by atoms with Crippen LogP contribution in [0.2, 0.25) is 5.02 Å². The van der Waals surface area contributed by atoms with Crippen LogP contribution in [0, 0.1) is 5.82 Å². The van der Waals surface area contributed by atoms with Crippen LogP contribution in [0.15, 0.2) is 36.4 Å². The van der Waals surface area contributed by atoms with Crippen LogP contribution in [-0.2, 0) is 22.5 Å². The molecule has 2 unspecified atom stereocenters. The van der Waals surface area contributed by atoms with E-state index in [9.17, 15) is 17.9 Å². The van der Waals surface area contributed by atoms with Crippen molar-refractivity contribution in [3.8, 4) is 11.5 Å². The van der Waals surface area contributed by atoms with Gasteiger partial charge in [0.25, 0.3) is 17.2 Å². The van der Waals surface area contributed by atoms with Gasteiger partial charge >= 0.3 is 0 Å². The number of carbonyl (C=O) groups is 1. The van der Waals surface area contributed by atoms with Crippen molar-refractivity contribution < 1.29 is 27.4 Å². The van der Waals surface area contributed by atoms with E-state index in [1.54, 1.807) is 17.0 Å². The first kappa shape index (κ1) is 23.7. The summed E-state index contributed by atoms with van der Waals surface area (Å²) in [6.07, 6.45) is 0.749. The van der Waals surface area contributed by atoms with Crippen LogP contribution in [0.3, 0.4) is 0 Å². The van der Waals surface area contributed by atoms with Crippen LogP contribution in [0.5, 0.6) is 11.5 Å². The van der Waals surface area contributed by atoms with E-state index in [-0.39, 0.29) is 29.0 Å². The minimum absolute atomic E-state index is 0.0998. The summed E-state index contributed by atoms with van der Waals surface area (Å²) in [5, 5.41) is 0.261. The maximum Gasteiger partial charge on any atom is 0.265 e. The van der Waals surface area contributed by atoms with E-state index in [2.05, 4.69) is 0 Å². The second-order valence-electron chi connectivity index (χ2n) is 8.34. The molecule has 4 rings (SSSR count). The molecule has 11 heteroatoms. The van der Waals surface area contributed by atoms with E-state index < -0.39 is 22.9 Å². The van der Waals surface area contributed by atoms with Gasteiger partial charge in [-0.1, -0.05) is 23.7 Å². The summed E-state index contributed by atoms with van der Waals surface area (Å²) in [4.78, 5) is 14.9. The Morgan fingerprint density at radius 3 is 2.61 bits per heavy atom. The van der Waals surface area contributed by atoms with Crippen LogP contribution < -0.4 is 19.5 Å². The Balaban J connectivity index is 1.45. The van der Waals surface area contributed by atoms with E-state index in [4.69, 9.17) is 26.8 Å². The molecule has 33 heavy (non-hydrogen) atoms. The summed E-state index contributed by atoms with van der Waals surface area (Å²) in [5.74, 6) is -0.00510. The molecule has 2 aliphatic rings. The molecule has 0 radical (unpaired) electrons. The highest BCUT2D eigenvalue weighted by atomic mass is 35.5. The zero-order chi connectivity index (χ0) is 23.8. The van der Waals surface area contributed by atoms with Gasteiger partial charge in [0, 0.05) is 24.7 Å². The zero-order valence-electron chi connectivity index (χ0n) is 18.0. The topological polar surface area (TPSA) is 105 Å². The largest absolute Gasteiger partial charge is 0.495 e. The highest BCUT2D eigenvalue weighted by Gasteiger charge is 2.39. The summed E-state index contributed by atoms with van der Waals surface area (Å²) in [6.45, 7) is 0.752. The molecule has 2 aliphatic heterocycles. The van der Waals surface area contributed by atoms with Crippen LogP contribution in [-0.4, -0.2) is 58.0 Å².